The predicted octanol–water partition coefficient (Wildman–Crippen LogP) is 2.90. The molecule has 1 amide bonds. The lowest BCUT2D eigenvalue weighted by Crippen LogP contribution is -2.44. The normalized spacial score (nSPS) is 15.3. The van der Waals surface area contributed by atoms with E-state index in [0.29, 0.717) is 13.0 Å². The number of nitrogens with one attached hydrogen (secondary N) is 1. The number of carbonyl (C=O) groups excluding carboxylic acids is 1. The molecule has 0 spiro atoms. The Morgan fingerprint density at radius 3 is 2.58 bits per heavy atom. The van der Waals surface area contributed by atoms with E-state index in [-0.39, 0.29) is 17.8 Å². The van der Waals surface area contributed by atoms with Crippen molar-refractivity contribution >= 4 is 5.91 Å². The summed E-state index contributed by atoms with van der Waals surface area (Å²) in [5.74, 6) is -0.159. The van der Waals surface area contributed by atoms with Crippen LogP contribution in [0.4, 0.5) is 4.39 Å². The van der Waals surface area contributed by atoms with E-state index in [1.54, 1.807) is 12.1 Å². The van der Waals surface area contributed by atoms with Crippen LogP contribution in [0.5, 0.6) is 0 Å². The maximum absolute atomic E-state index is 13.2. The minimum Gasteiger partial charge on any atom is -0.353 e. The highest BCUT2D eigenvalue weighted by atomic mass is 19.1. The zero-order valence-electron chi connectivity index (χ0n) is 18.1. The van der Waals surface area contributed by atoms with Gasteiger partial charge in [-0.05, 0) is 56.2 Å². The fraction of sp³-hybridized carbons (Fsp3) is 0.435. The Morgan fingerprint density at radius 1 is 1.16 bits per heavy atom. The number of hydrogen-bond donors (Lipinski definition) is 1. The van der Waals surface area contributed by atoms with Crippen LogP contribution in [0, 0.1) is 12.7 Å². The first-order valence-electron chi connectivity index (χ1n) is 10.8. The number of rotatable bonds is 7. The van der Waals surface area contributed by atoms with Gasteiger partial charge in [-0.15, -0.1) is 0 Å². The smallest absolute Gasteiger partial charge is 0.222 e. The third-order valence-corrected chi connectivity index (χ3v) is 5.80. The van der Waals surface area contributed by atoms with Crippen LogP contribution in [-0.4, -0.2) is 49.5 Å². The minimum atomic E-state index is -0.244. The summed E-state index contributed by atoms with van der Waals surface area (Å²) >= 11 is 0. The van der Waals surface area contributed by atoms with Crippen molar-refractivity contribution in [1.82, 2.24) is 29.8 Å². The standard InChI is InChI=1S/C23H29FN6O/c1-17-7-13-30(26-17)14-10-23(31)25-20-8-11-29(12-9-20)16-21-15-22(27-28(21)2)18-3-5-19(24)6-4-18/h3-7,13,15,20H,8-12,14,16H2,1-2H3,(H,25,31). The van der Waals surface area contributed by atoms with Gasteiger partial charge in [0.2, 0.25) is 5.91 Å². The molecule has 1 aliphatic rings. The highest BCUT2D eigenvalue weighted by molar-refractivity contribution is 5.76. The number of benzene rings is 1. The third-order valence-electron chi connectivity index (χ3n) is 5.80. The summed E-state index contributed by atoms with van der Waals surface area (Å²) in [6.07, 6.45) is 4.23. The van der Waals surface area contributed by atoms with E-state index in [1.807, 2.05) is 35.6 Å². The molecule has 1 aromatic carbocycles. The van der Waals surface area contributed by atoms with Crippen molar-refractivity contribution in [3.63, 3.8) is 0 Å². The summed E-state index contributed by atoms with van der Waals surface area (Å²) < 4.78 is 16.9. The lowest BCUT2D eigenvalue weighted by atomic mass is 10.0. The van der Waals surface area contributed by atoms with Gasteiger partial charge in [-0.3, -0.25) is 19.1 Å². The van der Waals surface area contributed by atoms with Crippen LogP contribution >= 0.6 is 0 Å². The number of hydrogen-bond acceptors (Lipinski definition) is 4. The first-order chi connectivity index (χ1) is 15.0. The molecule has 0 aliphatic carbocycles. The highest BCUT2D eigenvalue weighted by Crippen LogP contribution is 2.21. The Kier molecular flexibility index (Phi) is 6.46. The van der Waals surface area contributed by atoms with Crippen molar-refractivity contribution in [2.75, 3.05) is 13.1 Å². The second-order valence-electron chi connectivity index (χ2n) is 8.24. The summed E-state index contributed by atoms with van der Waals surface area (Å²) in [6, 6.07) is 10.7. The first kappa shape index (κ1) is 21.2. The van der Waals surface area contributed by atoms with Gasteiger partial charge >= 0.3 is 0 Å². The quantitative estimate of drug-likeness (QED) is 0.633. The number of aromatic nitrogens is 4. The monoisotopic (exact) mass is 424 g/mol. The lowest BCUT2D eigenvalue weighted by molar-refractivity contribution is -0.122. The molecular weight excluding hydrogens is 395 g/mol. The van der Waals surface area contributed by atoms with Crippen LogP contribution in [0.25, 0.3) is 11.3 Å². The topological polar surface area (TPSA) is 68.0 Å². The van der Waals surface area contributed by atoms with Crippen LogP contribution in [0.3, 0.4) is 0 Å². The summed E-state index contributed by atoms with van der Waals surface area (Å²) in [4.78, 5) is 14.7. The largest absolute Gasteiger partial charge is 0.353 e. The molecule has 1 saturated heterocycles. The molecule has 0 atom stereocenters. The Hall–Kier alpha value is -3.00. The van der Waals surface area contributed by atoms with Gasteiger partial charge in [-0.1, -0.05) is 0 Å². The Balaban J connectivity index is 1.24. The number of halogens is 1. The van der Waals surface area contributed by atoms with Crippen molar-refractivity contribution in [2.24, 2.45) is 7.05 Å². The van der Waals surface area contributed by atoms with Gasteiger partial charge in [0, 0.05) is 57.4 Å². The minimum absolute atomic E-state index is 0.0853. The number of amides is 1. The number of piperidine rings is 1. The molecule has 0 unspecified atom stereocenters. The predicted molar refractivity (Wildman–Crippen MR) is 117 cm³/mol. The van der Waals surface area contributed by atoms with Gasteiger partial charge in [0.25, 0.3) is 0 Å². The van der Waals surface area contributed by atoms with Crippen LogP contribution in [-0.2, 0) is 24.9 Å². The van der Waals surface area contributed by atoms with Gasteiger partial charge in [-0.2, -0.15) is 10.2 Å². The van der Waals surface area contributed by atoms with Crippen LogP contribution in [0.1, 0.15) is 30.7 Å². The van der Waals surface area contributed by atoms with Gasteiger partial charge < -0.3 is 5.32 Å². The molecule has 2 aromatic heterocycles. The molecule has 3 aromatic rings. The SMILES string of the molecule is Cc1ccn(CCC(=O)NC2CCN(Cc3cc(-c4ccc(F)cc4)nn3C)CC2)n1. The number of likely N-dealkylation sites (tertiary alicyclic amines) is 1. The summed E-state index contributed by atoms with van der Waals surface area (Å²) in [6.45, 7) is 5.22. The molecule has 8 heteroatoms. The van der Waals surface area contributed by atoms with Crippen molar-refractivity contribution in [3.8, 4) is 11.3 Å². The summed E-state index contributed by atoms with van der Waals surface area (Å²) in [5.41, 5.74) is 3.85. The molecule has 31 heavy (non-hydrogen) atoms. The lowest BCUT2D eigenvalue weighted by Gasteiger charge is -2.32. The molecule has 1 aliphatic heterocycles. The van der Waals surface area contributed by atoms with Crippen LogP contribution < -0.4 is 5.32 Å². The zero-order valence-corrected chi connectivity index (χ0v) is 18.1. The van der Waals surface area contributed by atoms with E-state index >= 15 is 0 Å². The fourth-order valence-electron chi connectivity index (χ4n) is 3.98. The molecule has 0 radical (unpaired) electrons. The van der Waals surface area contributed by atoms with Crippen molar-refractivity contribution < 1.29 is 9.18 Å². The van der Waals surface area contributed by atoms with Gasteiger partial charge in [0.1, 0.15) is 5.82 Å². The van der Waals surface area contributed by atoms with E-state index in [4.69, 9.17) is 0 Å². The van der Waals surface area contributed by atoms with E-state index in [0.717, 1.165) is 55.1 Å². The second kappa shape index (κ2) is 9.43. The van der Waals surface area contributed by atoms with Gasteiger partial charge in [0.05, 0.1) is 17.1 Å². The van der Waals surface area contributed by atoms with E-state index in [9.17, 15) is 9.18 Å². The summed E-state index contributed by atoms with van der Waals surface area (Å²) in [5, 5.41) is 12.1. The maximum Gasteiger partial charge on any atom is 0.222 e. The Bertz CT molecular complexity index is 1020. The van der Waals surface area contributed by atoms with Crippen molar-refractivity contribution in [3.05, 3.63) is 59.8 Å². The zero-order chi connectivity index (χ0) is 21.8. The van der Waals surface area contributed by atoms with E-state index in [2.05, 4.69) is 26.5 Å². The van der Waals surface area contributed by atoms with Crippen molar-refractivity contribution in [2.45, 2.75) is 45.3 Å². The van der Waals surface area contributed by atoms with Gasteiger partial charge in [0.15, 0.2) is 0 Å². The van der Waals surface area contributed by atoms with Crippen LogP contribution in [0.2, 0.25) is 0 Å². The van der Waals surface area contributed by atoms with Crippen LogP contribution in [0.15, 0.2) is 42.6 Å². The molecule has 1 fully saturated rings. The second-order valence-corrected chi connectivity index (χ2v) is 8.24. The Labute approximate surface area is 181 Å². The molecule has 7 nitrogen and oxygen atoms in total. The van der Waals surface area contributed by atoms with E-state index < -0.39 is 0 Å². The number of carbonyl (C=O) groups is 1. The Morgan fingerprint density at radius 2 is 1.90 bits per heavy atom. The van der Waals surface area contributed by atoms with Gasteiger partial charge in [-0.25, -0.2) is 4.39 Å². The highest BCUT2D eigenvalue weighted by Gasteiger charge is 2.22. The third kappa shape index (κ3) is 5.58. The number of aryl methyl sites for hydroxylation is 3. The number of nitrogens with zero attached hydrogens (tertiary/aromatic N) is 5. The molecule has 0 saturated carbocycles. The summed E-state index contributed by atoms with van der Waals surface area (Å²) in [7, 11) is 1.94. The average molecular weight is 425 g/mol. The molecule has 164 valence electrons. The van der Waals surface area contributed by atoms with E-state index in [1.165, 1.54) is 12.1 Å². The molecular formula is C23H29FN6O. The average Bonchev–Trinajstić information content (AvgIpc) is 3.34. The molecule has 4 rings (SSSR count). The molecule has 0 bridgehead atoms. The maximum atomic E-state index is 13.2. The molecule has 3 heterocycles. The first-order valence-corrected chi connectivity index (χ1v) is 10.8. The van der Waals surface area contributed by atoms with Crippen molar-refractivity contribution in [1.29, 1.82) is 0 Å². The molecule has 1 N–H and O–H groups in total. The fourth-order valence-corrected chi connectivity index (χ4v) is 3.98.